The summed E-state index contributed by atoms with van der Waals surface area (Å²) in [5, 5.41) is 0. The Morgan fingerprint density at radius 2 is 1.56 bits per heavy atom. The van der Waals surface area contributed by atoms with Gasteiger partial charge in [-0.2, -0.15) is 0 Å². The molecule has 1 aliphatic heterocycles. The fourth-order valence-corrected chi connectivity index (χ4v) is 3.35. The SMILES string of the molecule is CCOc1cc(CN2CCC(c3ncccn3)CC2)cc(OCC)c1. The van der Waals surface area contributed by atoms with Crippen LogP contribution in [0.3, 0.4) is 0 Å². The largest absolute Gasteiger partial charge is 0.494 e. The molecule has 0 amide bonds. The molecule has 3 rings (SSSR count). The number of ether oxygens (including phenoxy) is 2. The summed E-state index contributed by atoms with van der Waals surface area (Å²) >= 11 is 0. The summed E-state index contributed by atoms with van der Waals surface area (Å²) in [6.45, 7) is 8.38. The number of hydrogen-bond donors (Lipinski definition) is 0. The van der Waals surface area contributed by atoms with E-state index in [4.69, 9.17) is 9.47 Å². The van der Waals surface area contributed by atoms with Gasteiger partial charge < -0.3 is 9.47 Å². The van der Waals surface area contributed by atoms with Gasteiger partial charge in [-0.05, 0) is 63.5 Å². The molecule has 1 saturated heterocycles. The maximum atomic E-state index is 5.68. The molecule has 0 bridgehead atoms. The molecule has 1 fully saturated rings. The minimum Gasteiger partial charge on any atom is -0.494 e. The van der Waals surface area contributed by atoms with Crippen LogP contribution in [0.25, 0.3) is 0 Å². The van der Waals surface area contributed by atoms with Gasteiger partial charge in [0.1, 0.15) is 17.3 Å². The van der Waals surface area contributed by atoms with Crippen LogP contribution in [0.5, 0.6) is 11.5 Å². The van der Waals surface area contributed by atoms with Crippen molar-refractivity contribution in [1.82, 2.24) is 14.9 Å². The van der Waals surface area contributed by atoms with E-state index in [0.29, 0.717) is 19.1 Å². The fraction of sp³-hybridized carbons (Fsp3) is 0.500. The number of rotatable bonds is 7. The van der Waals surface area contributed by atoms with Crippen LogP contribution >= 0.6 is 0 Å². The van der Waals surface area contributed by atoms with E-state index in [0.717, 1.165) is 49.8 Å². The number of nitrogens with zero attached hydrogens (tertiary/aromatic N) is 3. The van der Waals surface area contributed by atoms with Crippen LogP contribution in [0.4, 0.5) is 0 Å². The molecule has 0 radical (unpaired) electrons. The predicted molar refractivity (Wildman–Crippen MR) is 98.1 cm³/mol. The smallest absolute Gasteiger partial charge is 0.131 e. The van der Waals surface area contributed by atoms with Crippen molar-refractivity contribution < 1.29 is 9.47 Å². The number of likely N-dealkylation sites (tertiary alicyclic amines) is 1. The van der Waals surface area contributed by atoms with Crippen molar-refractivity contribution in [2.24, 2.45) is 0 Å². The summed E-state index contributed by atoms with van der Waals surface area (Å²) in [6, 6.07) is 8.09. The Balaban J connectivity index is 1.61. The van der Waals surface area contributed by atoms with Gasteiger partial charge in [-0.15, -0.1) is 0 Å². The van der Waals surface area contributed by atoms with Crippen molar-refractivity contribution in [1.29, 1.82) is 0 Å². The number of piperidine rings is 1. The van der Waals surface area contributed by atoms with Crippen LogP contribution in [0.15, 0.2) is 36.7 Å². The summed E-state index contributed by atoms with van der Waals surface area (Å²) in [5.41, 5.74) is 1.24. The molecule has 134 valence electrons. The average molecular weight is 341 g/mol. The Hall–Kier alpha value is -2.14. The first-order chi connectivity index (χ1) is 12.3. The van der Waals surface area contributed by atoms with Crippen LogP contribution in [0.1, 0.15) is 44.0 Å². The van der Waals surface area contributed by atoms with Gasteiger partial charge in [0.2, 0.25) is 0 Å². The summed E-state index contributed by atoms with van der Waals surface area (Å²) in [5.74, 6) is 3.23. The van der Waals surface area contributed by atoms with Gasteiger partial charge in [-0.25, -0.2) is 9.97 Å². The quantitative estimate of drug-likeness (QED) is 0.769. The Labute approximate surface area is 150 Å². The number of hydrogen-bond acceptors (Lipinski definition) is 5. The first kappa shape index (κ1) is 17.7. The lowest BCUT2D eigenvalue weighted by molar-refractivity contribution is 0.201. The summed E-state index contributed by atoms with van der Waals surface area (Å²) < 4.78 is 11.4. The molecule has 0 spiro atoms. The van der Waals surface area contributed by atoms with Crippen LogP contribution in [0, 0.1) is 0 Å². The predicted octanol–water partition coefficient (Wildman–Crippen LogP) is 3.65. The van der Waals surface area contributed by atoms with Gasteiger partial charge in [-0.3, -0.25) is 4.90 Å². The highest BCUT2D eigenvalue weighted by Gasteiger charge is 2.22. The lowest BCUT2D eigenvalue weighted by atomic mass is 9.95. The molecule has 2 heterocycles. The molecule has 0 N–H and O–H groups in total. The second-order valence-corrected chi connectivity index (χ2v) is 6.34. The van der Waals surface area contributed by atoms with E-state index < -0.39 is 0 Å². The Morgan fingerprint density at radius 3 is 2.12 bits per heavy atom. The molecule has 1 aliphatic rings. The zero-order valence-corrected chi connectivity index (χ0v) is 15.1. The first-order valence-corrected chi connectivity index (χ1v) is 9.17. The maximum Gasteiger partial charge on any atom is 0.131 e. The van der Waals surface area contributed by atoms with Crippen LogP contribution in [-0.4, -0.2) is 41.2 Å². The molecule has 5 nitrogen and oxygen atoms in total. The van der Waals surface area contributed by atoms with Crippen LogP contribution in [-0.2, 0) is 6.54 Å². The molecule has 0 saturated carbocycles. The molecule has 0 unspecified atom stereocenters. The second-order valence-electron chi connectivity index (χ2n) is 6.34. The van der Waals surface area contributed by atoms with Crippen molar-refractivity contribution in [3.63, 3.8) is 0 Å². The fourth-order valence-electron chi connectivity index (χ4n) is 3.35. The van der Waals surface area contributed by atoms with E-state index in [1.165, 1.54) is 5.56 Å². The Bertz CT molecular complexity index is 631. The first-order valence-electron chi connectivity index (χ1n) is 9.17. The molecule has 25 heavy (non-hydrogen) atoms. The minimum atomic E-state index is 0.478. The molecule has 2 aromatic rings. The van der Waals surface area contributed by atoms with Gasteiger partial charge in [0.15, 0.2) is 0 Å². The van der Waals surface area contributed by atoms with Gasteiger partial charge in [0, 0.05) is 30.9 Å². The number of benzene rings is 1. The average Bonchev–Trinajstić information content (AvgIpc) is 2.63. The van der Waals surface area contributed by atoms with E-state index in [1.54, 1.807) is 0 Å². The Morgan fingerprint density at radius 1 is 0.960 bits per heavy atom. The standard InChI is InChI=1S/C20H27N3O2/c1-3-24-18-12-16(13-19(14-18)25-4-2)15-23-10-6-17(7-11-23)20-21-8-5-9-22-20/h5,8-9,12-14,17H,3-4,6-7,10-11,15H2,1-2H3. The van der Waals surface area contributed by atoms with E-state index in [2.05, 4.69) is 27.0 Å². The zero-order chi connectivity index (χ0) is 17.5. The van der Waals surface area contributed by atoms with Gasteiger partial charge in [0.05, 0.1) is 13.2 Å². The zero-order valence-electron chi connectivity index (χ0n) is 15.1. The highest BCUT2D eigenvalue weighted by molar-refractivity contribution is 5.38. The summed E-state index contributed by atoms with van der Waals surface area (Å²) in [4.78, 5) is 11.3. The summed E-state index contributed by atoms with van der Waals surface area (Å²) in [6.07, 6.45) is 5.88. The molecule has 1 aromatic carbocycles. The minimum absolute atomic E-state index is 0.478. The Kier molecular flexibility index (Phi) is 6.23. The van der Waals surface area contributed by atoms with Crippen molar-refractivity contribution in [3.05, 3.63) is 48.0 Å². The lowest BCUT2D eigenvalue weighted by Crippen LogP contribution is -2.33. The maximum absolute atomic E-state index is 5.68. The molecule has 1 aromatic heterocycles. The van der Waals surface area contributed by atoms with Gasteiger partial charge >= 0.3 is 0 Å². The molecule has 5 heteroatoms. The van der Waals surface area contributed by atoms with E-state index in [-0.39, 0.29) is 0 Å². The van der Waals surface area contributed by atoms with E-state index >= 15 is 0 Å². The van der Waals surface area contributed by atoms with Crippen LogP contribution < -0.4 is 9.47 Å². The highest BCUT2D eigenvalue weighted by Crippen LogP contribution is 2.28. The van der Waals surface area contributed by atoms with Crippen molar-refractivity contribution in [2.45, 2.75) is 39.2 Å². The second kappa shape index (κ2) is 8.81. The lowest BCUT2D eigenvalue weighted by Gasteiger charge is -2.31. The van der Waals surface area contributed by atoms with Crippen molar-refractivity contribution in [3.8, 4) is 11.5 Å². The van der Waals surface area contributed by atoms with Gasteiger partial charge in [0.25, 0.3) is 0 Å². The molecule has 0 atom stereocenters. The highest BCUT2D eigenvalue weighted by atomic mass is 16.5. The van der Waals surface area contributed by atoms with Crippen molar-refractivity contribution >= 4 is 0 Å². The third-order valence-electron chi connectivity index (χ3n) is 4.51. The van der Waals surface area contributed by atoms with E-state index in [9.17, 15) is 0 Å². The number of aromatic nitrogens is 2. The van der Waals surface area contributed by atoms with Crippen LogP contribution in [0.2, 0.25) is 0 Å². The normalized spacial score (nSPS) is 15.9. The molecular weight excluding hydrogens is 314 g/mol. The topological polar surface area (TPSA) is 47.5 Å². The molecular formula is C20H27N3O2. The molecule has 0 aliphatic carbocycles. The monoisotopic (exact) mass is 341 g/mol. The third-order valence-corrected chi connectivity index (χ3v) is 4.51. The van der Waals surface area contributed by atoms with E-state index in [1.807, 2.05) is 38.4 Å². The van der Waals surface area contributed by atoms with Crippen molar-refractivity contribution in [2.75, 3.05) is 26.3 Å². The summed E-state index contributed by atoms with van der Waals surface area (Å²) in [7, 11) is 0. The van der Waals surface area contributed by atoms with Gasteiger partial charge in [-0.1, -0.05) is 0 Å². The third kappa shape index (κ3) is 4.92.